The van der Waals surface area contributed by atoms with E-state index in [9.17, 15) is 0 Å². The first kappa shape index (κ1) is 10.8. The number of hydrogen-bond donors (Lipinski definition) is 2. The Balaban J connectivity index is 2.62. The van der Waals surface area contributed by atoms with Gasteiger partial charge in [-0.1, -0.05) is 24.3 Å². The van der Waals surface area contributed by atoms with Gasteiger partial charge in [-0.05, 0) is 44.1 Å². The first-order valence-electron chi connectivity index (χ1n) is 4.91. The molecule has 0 aliphatic heterocycles. The molecule has 2 heteroatoms. The fraction of sp³-hybridized carbons (Fsp3) is 0.333. The van der Waals surface area contributed by atoms with Gasteiger partial charge in [0.25, 0.3) is 0 Å². The van der Waals surface area contributed by atoms with Gasteiger partial charge in [0.2, 0.25) is 0 Å². The highest BCUT2D eigenvalue weighted by Crippen LogP contribution is 2.15. The van der Waals surface area contributed by atoms with E-state index >= 15 is 0 Å². The van der Waals surface area contributed by atoms with Crippen LogP contribution in [0.1, 0.15) is 17.5 Å². The maximum Gasteiger partial charge on any atom is 0.0390 e. The van der Waals surface area contributed by atoms with Crippen molar-refractivity contribution in [1.82, 2.24) is 5.32 Å². The molecular formula is C12H18N2. The lowest BCUT2D eigenvalue weighted by molar-refractivity contribution is 0.809. The molecule has 3 N–H and O–H groups in total. The molecule has 0 fully saturated rings. The number of hydrogen-bond acceptors (Lipinski definition) is 2. The summed E-state index contributed by atoms with van der Waals surface area (Å²) in [5.74, 6) is 0. The minimum atomic E-state index is 0.853. The fourth-order valence-electron chi connectivity index (χ4n) is 1.28. The molecule has 0 saturated carbocycles. The molecule has 76 valence electrons. The molecule has 0 radical (unpaired) electrons. The highest BCUT2D eigenvalue weighted by Gasteiger charge is 1.93. The van der Waals surface area contributed by atoms with Gasteiger partial charge >= 0.3 is 0 Å². The van der Waals surface area contributed by atoms with Crippen LogP contribution in [0.5, 0.6) is 0 Å². The molecule has 1 aromatic rings. The van der Waals surface area contributed by atoms with Crippen LogP contribution in [-0.4, -0.2) is 13.6 Å². The number of rotatable bonds is 4. The Hall–Kier alpha value is -1.28. The number of nitrogen functional groups attached to an aromatic ring is 1. The highest BCUT2D eigenvalue weighted by molar-refractivity contribution is 5.65. The second-order valence-electron chi connectivity index (χ2n) is 3.43. The summed E-state index contributed by atoms with van der Waals surface area (Å²) in [6, 6.07) is 6.13. The van der Waals surface area contributed by atoms with E-state index in [0.717, 1.165) is 24.2 Å². The first-order valence-corrected chi connectivity index (χ1v) is 4.91. The van der Waals surface area contributed by atoms with E-state index in [2.05, 4.69) is 29.6 Å². The van der Waals surface area contributed by atoms with Crippen LogP contribution in [0.2, 0.25) is 0 Å². The van der Waals surface area contributed by atoms with Crippen LogP contribution in [0.25, 0.3) is 6.08 Å². The highest BCUT2D eigenvalue weighted by atomic mass is 14.8. The summed E-state index contributed by atoms with van der Waals surface area (Å²) in [5, 5.41) is 3.10. The van der Waals surface area contributed by atoms with E-state index in [4.69, 9.17) is 5.73 Å². The monoisotopic (exact) mass is 190 g/mol. The predicted octanol–water partition coefficient (Wildman–Crippen LogP) is 2.20. The smallest absolute Gasteiger partial charge is 0.0390 e. The topological polar surface area (TPSA) is 38.0 Å². The largest absolute Gasteiger partial charge is 0.398 e. The Morgan fingerprint density at radius 3 is 2.86 bits per heavy atom. The molecule has 0 spiro atoms. The number of nitrogens with one attached hydrogen (secondary N) is 1. The maximum atomic E-state index is 5.87. The third-order valence-corrected chi connectivity index (χ3v) is 2.10. The lowest BCUT2D eigenvalue weighted by Crippen LogP contribution is -2.05. The molecule has 0 amide bonds. The summed E-state index contributed by atoms with van der Waals surface area (Å²) in [7, 11) is 1.95. The van der Waals surface area contributed by atoms with Gasteiger partial charge in [0.1, 0.15) is 0 Å². The Morgan fingerprint density at radius 2 is 2.21 bits per heavy atom. The molecule has 0 heterocycles. The summed E-state index contributed by atoms with van der Waals surface area (Å²) < 4.78 is 0. The summed E-state index contributed by atoms with van der Waals surface area (Å²) in [6.07, 6.45) is 5.24. The lowest BCUT2D eigenvalue weighted by Gasteiger charge is -2.01. The zero-order valence-electron chi connectivity index (χ0n) is 8.88. The van der Waals surface area contributed by atoms with E-state index in [0.29, 0.717) is 0 Å². The van der Waals surface area contributed by atoms with Gasteiger partial charge in [-0.2, -0.15) is 0 Å². The first-order chi connectivity index (χ1) is 6.74. The van der Waals surface area contributed by atoms with Crippen molar-refractivity contribution in [3.63, 3.8) is 0 Å². The second-order valence-corrected chi connectivity index (χ2v) is 3.43. The number of nitrogens with two attached hydrogens (primary N) is 1. The van der Waals surface area contributed by atoms with Crippen LogP contribution in [-0.2, 0) is 0 Å². The van der Waals surface area contributed by atoms with E-state index in [1.54, 1.807) is 0 Å². The van der Waals surface area contributed by atoms with Crippen molar-refractivity contribution in [2.24, 2.45) is 0 Å². The molecule has 0 bridgehead atoms. The second kappa shape index (κ2) is 5.45. The third-order valence-electron chi connectivity index (χ3n) is 2.10. The Bertz CT molecular complexity index is 316. The van der Waals surface area contributed by atoms with Crippen molar-refractivity contribution in [3.8, 4) is 0 Å². The van der Waals surface area contributed by atoms with Gasteiger partial charge in [-0.25, -0.2) is 0 Å². The number of aryl methyl sites for hydroxylation is 1. The average Bonchev–Trinajstić information content (AvgIpc) is 2.15. The van der Waals surface area contributed by atoms with E-state index in [1.165, 1.54) is 5.56 Å². The number of anilines is 1. The SMILES string of the molecule is CNCCC=Cc1ccc(C)cc1N. The molecular weight excluding hydrogens is 172 g/mol. The van der Waals surface area contributed by atoms with Crippen molar-refractivity contribution in [2.75, 3.05) is 19.3 Å². The van der Waals surface area contributed by atoms with Crippen LogP contribution in [0, 0.1) is 6.92 Å². The Labute approximate surface area is 85.8 Å². The molecule has 1 rings (SSSR count). The molecule has 2 nitrogen and oxygen atoms in total. The minimum Gasteiger partial charge on any atom is -0.398 e. The average molecular weight is 190 g/mol. The molecule has 0 aliphatic rings. The Kier molecular flexibility index (Phi) is 4.20. The fourth-order valence-corrected chi connectivity index (χ4v) is 1.28. The molecule has 0 aromatic heterocycles. The summed E-state index contributed by atoms with van der Waals surface area (Å²) in [4.78, 5) is 0. The van der Waals surface area contributed by atoms with Crippen molar-refractivity contribution in [3.05, 3.63) is 35.4 Å². The summed E-state index contributed by atoms with van der Waals surface area (Å²) in [6.45, 7) is 3.05. The lowest BCUT2D eigenvalue weighted by atomic mass is 10.1. The maximum absolute atomic E-state index is 5.87. The van der Waals surface area contributed by atoms with Gasteiger partial charge in [0, 0.05) is 5.69 Å². The molecule has 0 atom stereocenters. The molecule has 0 unspecified atom stereocenters. The van der Waals surface area contributed by atoms with Gasteiger partial charge in [-0.3, -0.25) is 0 Å². The van der Waals surface area contributed by atoms with E-state index < -0.39 is 0 Å². The van der Waals surface area contributed by atoms with Crippen molar-refractivity contribution in [1.29, 1.82) is 0 Å². The van der Waals surface area contributed by atoms with Gasteiger partial charge in [0.05, 0.1) is 0 Å². The van der Waals surface area contributed by atoms with Crippen molar-refractivity contribution >= 4 is 11.8 Å². The quantitative estimate of drug-likeness (QED) is 0.564. The molecule has 0 aliphatic carbocycles. The van der Waals surface area contributed by atoms with E-state index in [1.807, 2.05) is 20.0 Å². The van der Waals surface area contributed by atoms with Gasteiger partial charge in [-0.15, -0.1) is 0 Å². The Morgan fingerprint density at radius 1 is 1.43 bits per heavy atom. The van der Waals surface area contributed by atoms with Crippen LogP contribution in [0.15, 0.2) is 24.3 Å². The third kappa shape index (κ3) is 3.23. The van der Waals surface area contributed by atoms with Crippen molar-refractivity contribution in [2.45, 2.75) is 13.3 Å². The summed E-state index contributed by atoms with van der Waals surface area (Å²) >= 11 is 0. The van der Waals surface area contributed by atoms with Crippen LogP contribution in [0.4, 0.5) is 5.69 Å². The van der Waals surface area contributed by atoms with E-state index in [-0.39, 0.29) is 0 Å². The zero-order valence-corrected chi connectivity index (χ0v) is 8.88. The van der Waals surface area contributed by atoms with Crippen LogP contribution >= 0.6 is 0 Å². The molecule has 0 saturated heterocycles. The van der Waals surface area contributed by atoms with Gasteiger partial charge in [0.15, 0.2) is 0 Å². The van der Waals surface area contributed by atoms with Crippen LogP contribution in [0.3, 0.4) is 0 Å². The molecule has 1 aromatic carbocycles. The predicted molar refractivity (Wildman–Crippen MR) is 63.2 cm³/mol. The summed E-state index contributed by atoms with van der Waals surface area (Å²) in [5.41, 5.74) is 9.03. The van der Waals surface area contributed by atoms with Crippen molar-refractivity contribution < 1.29 is 0 Å². The normalized spacial score (nSPS) is 11.0. The molecule has 14 heavy (non-hydrogen) atoms. The van der Waals surface area contributed by atoms with Gasteiger partial charge < -0.3 is 11.1 Å². The minimum absolute atomic E-state index is 0.853. The number of benzene rings is 1. The standard InChI is InChI=1S/C12H18N2/c1-10-6-7-11(12(13)9-10)5-3-4-8-14-2/h3,5-7,9,14H,4,8,13H2,1-2H3. The zero-order chi connectivity index (χ0) is 10.4. The van der Waals surface area contributed by atoms with Crippen LogP contribution < -0.4 is 11.1 Å².